The zero-order chi connectivity index (χ0) is 16.0. The molecule has 1 N–H and O–H groups in total. The molecule has 114 valence electrons. The Balaban J connectivity index is 2.87. The number of nitrogens with zero attached hydrogens (tertiary/aromatic N) is 1. The van der Waals surface area contributed by atoms with E-state index in [0.29, 0.717) is 6.07 Å². The number of carbonyl (C=O) groups excluding carboxylic acids is 2. The minimum atomic E-state index is -1.13. The Morgan fingerprint density at radius 3 is 2.67 bits per heavy atom. The second kappa shape index (κ2) is 7.17. The van der Waals surface area contributed by atoms with Gasteiger partial charge in [-0.1, -0.05) is 0 Å². The molecule has 0 spiro atoms. The van der Waals surface area contributed by atoms with Crippen LogP contribution in [0, 0.1) is 15.9 Å². The summed E-state index contributed by atoms with van der Waals surface area (Å²) in [4.78, 5) is 32.4. The van der Waals surface area contributed by atoms with Crippen molar-refractivity contribution < 1.29 is 28.4 Å². The third-order valence-corrected chi connectivity index (χ3v) is 2.39. The number of nitrogens with one attached hydrogen (secondary N) is 1. The molecule has 1 unspecified atom stereocenters. The van der Waals surface area contributed by atoms with E-state index in [-0.39, 0.29) is 5.75 Å². The SMILES string of the molecule is COC(=O)C(COc1ccc(F)cc1[N+](=O)[O-])NC(C)=O. The van der Waals surface area contributed by atoms with Gasteiger partial charge in [-0.3, -0.25) is 14.9 Å². The van der Waals surface area contributed by atoms with Gasteiger partial charge in [-0.25, -0.2) is 9.18 Å². The van der Waals surface area contributed by atoms with Gasteiger partial charge >= 0.3 is 11.7 Å². The minimum absolute atomic E-state index is 0.222. The number of esters is 1. The highest BCUT2D eigenvalue weighted by Crippen LogP contribution is 2.27. The average Bonchev–Trinajstić information content (AvgIpc) is 2.42. The maximum Gasteiger partial charge on any atom is 0.331 e. The first-order valence-corrected chi connectivity index (χ1v) is 5.76. The molecule has 0 fully saturated rings. The van der Waals surface area contributed by atoms with Crippen molar-refractivity contribution in [3.63, 3.8) is 0 Å². The third kappa shape index (κ3) is 4.71. The quantitative estimate of drug-likeness (QED) is 0.473. The van der Waals surface area contributed by atoms with Crippen LogP contribution in [0.3, 0.4) is 0 Å². The predicted octanol–water partition coefficient (Wildman–Crippen LogP) is 0.790. The van der Waals surface area contributed by atoms with Gasteiger partial charge < -0.3 is 14.8 Å². The smallest absolute Gasteiger partial charge is 0.331 e. The van der Waals surface area contributed by atoms with Gasteiger partial charge in [0.1, 0.15) is 12.4 Å². The molecular formula is C12H13FN2O6. The van der Waals surface area contributed by atoms with Crippen LogP contribution in [0.4, 0.5) is 10.1 Å². The summed E-state index contributed by atoms with van der Waals surface area (Å²) in [6, 6.07) is 1.61. The van der Waals surface area contributed by atoms with Crippen LogP contribution in [0.25, 0.3) is 0 Å². The molecule has 1 aromatic carbocycles. The number of amides is 1. The molecule has 0 aliphatic carbocycles. The van der Waals surface area contributed by atoms with Gasteiger partial charge in [-0.05, 0) is 12.1 Å². The number of benzene rings is 1. The molecule has 8 nitrogen and oxygen atoms in total. The highest BCUT2D eigenvalue weighted by molar-refractivity contribution is 5.83. The fourth-order valence-electron chi connectivity index (χ4n) is 1.48. The van der Waals surface area contributed by atoms with Crippen molar-refractivity contribution in [2.45, 2.75) is 13.0 Å². The Bertz CT molecular complexity index is 563. The van der Waals surface area contributed by atoms with Crippen LogP contribution in [0.1, 0.15) is 6.92 Å². The van der Waals surface area contributed by atoms with Crippen LogP contribution >= 0.6 is 0 Å². The molecule has 1 atom stereocenters. The first-order valence-electron chi connectivity index (χ1n) is 5.76. The molecule has 21 heavy (non-hydrogen) atoms. The highest BCUT2D eigenvalue weighted by atomic mass is 19.1. The van der Waals surface area contributed by atoms with E-state index in [2.05, 4.69) is 10.1 Å². The van der Waals surface area contributed by atoms with E-state index < -0.39 is 41.0 Å². The Hall–Kier alpha value is -2.71. The van der Waals surface area contributed by atoms with E-state index in [1.807, 2.05) is 0 Å². The Kier molecular flexibility index (Phi) is 5.58. The lowest BCUT2D eigenvalue weighted by atomic mass is 10.2. The van der Waals surface area contributed by atoms with Gasteiger partial charge in [0.25, 0.3) is 0 Å². The molecule has 0 radical (unpaired) electrons. The monoisotopic (exact) mass is 300 g/mol. The van der Waals surface area contributed by atoms with Gasteiger partial charge in [0, 0.05) is 6.92 Å². The lowest BCUT2D eigenvalue weighted by Crippen LogP contribution is -2.44. The van der Waals surface area contributed by atoms with E-state index >= 15 is 0 Å². The molecule has 0 saturated carbocycles. The summed E-state index contributed by atoms with van der Waals surface area (Å²) >= 11 is 0. The summed E-state index contributed by atoms with van der Waals surface area (Å²) in [7, 11) is 1.12. The van der Waals surface area contributed by atoms with Crippen molar-refractivity contribution in [2.75, 3.05) is 13.7 Å². The molecule has 0 aliphatic rings. The maximum absolute atomic E-state index is 13.0. The van der Waals surface area contributed by atoms with Gasteiger partial charge in [0.15, 0.2) is 11.8 Å². The Morgan fingerprint density at radius 2 is 2.14 bits per heavy atom. The van der Waals surface area contributed by atoms with E-state index in [1.165, 1.54) is 6.92 Å². The normalized spacial score (nSPS) is 11.4. The Morgan fingerprint density at radius 1 is 1.48 bits per heavy atom. The molecule has 1 rings (SSSR count). The predicted molar refractivity (Wildman–Crippen MR) is 68.2 cm³/mol. The van der Waals surface area contributed by atoms with Crippen LogP contribution in [0.2, 0.25) is 0 Å². The zero-order valence-electron chi connectivity index (χ0n) is 11.3. The number of halogens is 1. The number of methoxy groups -OCH3 is 1. The summed E-state index contributed by atoms with van der Waals surface area (Å²) < 4.78 is 22.6. The van der Waals surface area contributed by atoms with Gasteiger partial charge in [-0.15, -0.1) is 0 Å². The summed E-state index contributed by atoms with van der Waals surface area (Å²) in [5.41, 5.74) is -0.582. The second-order valence-electron chi connectivity index (χ2n) is 3.96. The minimum Gasteiger partial charge on any atom is -0.484 e. The molecule has 9 heteroatoms. The van der Waals surface area contributed by atoms with Crippen molar-refractivity contribution in [1.82, 2.24) is 5.32 Å². The number of carbonyl (C=O) groups is 2. The maximum atomic E-state index is 13.0. The van der Waals surface area contributed by atoms with Crippen molar-refractivity contribution >= 4 is 17.6 Å². The lowest BCUT2D eigenvalue weighted by Gasteiger charge is -2.16. The van der Waals surface area contributed by atoms with Crippen LogP contribution in [0.15, 0.2) is 18.2 Å². The fourth-order valence-corrected chi connectivity index (χ4v) is 1.48. The van der Waals surface area contributed by atoms with Crippen molar-refractivity contribution in [1.29, 1.82) is 0 Å². The van der Waals surface area contributed by atoms with Crippen LogP contribution < -0.4 is 10.1 Å². The third-order valence-electron chi connectivity index (χ3n) is 2.39. The number of ether oxygens (including phenoxy) is 2. The number of nitro benzene ring substituents is 1. The van der Waals surface area contributed by atoms with Crippen LogP contribution in [0.5, 0.6) is 5.75 Å². The molecular weight excluding hydrogens is 287 g/mol. The van der Waals surface area contributed by atoms with Gasteiger partial charge in [-0.2, -0.15) is 0 Å². The van der Waals surface area contributed by atoms with E-state index in [4.69, 9.17) is 4.74 Å². The van der Waals surface area contributed by atoms with Gasteiger partial charge in [0.05, 0.1) is 18.1 Å². The largest absolute Gasteiger partial charge is 0.484 e. The lowest BCUT2D eigenvalue weighted by molar-refractivity contribution is -0.386. The fraction of sp³-hybridized carbons (Fsp3) is 0.333. The van der Waals surface area contributed by atoms with E-state index in [0.717, 1.165) is 19.2 Å². The number of rotatable bonds is 6. The first kappa shape index (κ1) is 16.3. The molecule has 0 aromatic heterocycles. The number of nitro groups is 1. The van der Waals surface area contributed by atoms with E-state index in [1.54, 1.807) is 0 Å². The highest BCUT2D eigenvalue weighted by Gasteiger charge is 2.23. The molecule has 0 saturated heterocycles. The van der Waals surface area contributed by atoms with Crippen molar-refractivity contribution in [3.8, 4) is 5.75 Å². The first-order chi connectivity index (χ1) is 9.85. The molecule has 0 heterocycles. The zero-order valence-corrected chi connectivity index (χ0v) is 11.3. The standard InChI is InChI=1S/C12H13FN2O6/c1-7(16)14-9(12(17)20-2)6-21-11-4-3-8(13)5-10(11)15(18)19/h3-5,9H,6H2,1-2H3,(H,14,16). The summed E-state index contributed by atoms with van der Waals surface area (Å²) in [6.45, 7) is 0.801. The summed E-state index contributed by atoms with van der Waals surface area (Å²) in [5, 5.41) is 13.1. The molecule has 1 aromatic rings. The van der Waals surface area contributed by atoms with Crippen molar-refractivity contribution in [3.05, 3.63) is 34.1 Å². The molecule has 1 amide bonds. The topological polar surface area (TPSA) is 108 Å². The number of hydrogen-bond acceptors (Lipinski definition) is 6. The molecule has 0 bridgehead atoms. The van der Waals surface area contributed by atoms with Crippen LogP contribution in [-0.4, -0.2) is 36.6 Å². The van der Waals surface area contributed by atoms with Crippen LogP contribution in [-0.2, 0) is 14.3 Å². The second-order valence-corrected chi connectivity index (χ2v) is 3.96. The summed E-state index contributed by atoms with van der Waals surface area (Å²) in [6.07, 6.45) is 0. The van der Waals surface area contributed by atoms with E-state index in [9.17, 15) is 24.1 Å². The summed E-state index contributed by atoms with van der Waals surface area (Å²) in [5.74, 6) is -2.28. The Labute approximate surface area is 119 Å². The average molecular weight is 300 g/mol. The van der Waals surface area contributed by atoms with Crippen molar-refractivity contribution in [2.24, 2.45) is 0 Å². The molecule has 0 aliphatic heterocycles. The van der Waals surface area contributed by atoms with Gasteiger partial charge in [0.2, 0.25) is 5.91 Å². The number of hydrogen-bond donors (Lipinski definition) is 1.